The summed E-state index contributed by atoms with van der Waals surface area (Å²) >= 11 is 0. The van der Waals surface area contributed by atoms with E-state index < -0.39 is 0 Å². The van der Waals surface area contributed by atoms with Gasteiger partial charge in [-0.15, -0.1) is 10.2 Å². The number of aromatic nitrogens is 3. The summed E-state index contributed by atoms with van der Waals surface area (Å²) in [5.74, 6) is 4.02. The highest BCUT2D eigenvalue weighted by molar-refractivity contribution is 5.71. The molecule has 0 radical (unpaired) electrons. The van der Waals surface area contributed by atoms with Gasteiger partial charge in [-0.3, -0.25) is 4.57 Å². The second-order valence-electron chi connectivity index (χ2n) is 6.94. The molecule has 4 heteroatoms. The van der Waals surface area contributed by atoms with Gasteiger partial charge in [-0.25, -0.2) is 0 Å². The fourth-order valence-corrected chi connectivity index (χ4v) is 2.73. The lowest BCUT2D eigenvalue weighted by atomic mass is 10.0. The Kier molecular flexibility index (Phi) is 4.26. The molecule has 2 rings (SSSR count). The molecule has 0 saturated carbocycles. The third kappa shape index (κ3) is 2.63. The van der Waals surface area contributed by atoms with E-state index in [1.54, 1.807) is 0 Å². The number of allylic oxidation sites excluding steroid dienone is 2. The number of nitrogens with zero attached hydrogens (tertiary/aromatic N) is 4. The molecule has 4 nitrogen and oxygen atoms in total. The summed E-state index contributed by atoms with van der Waals surface area (Å²) in [6.45, 7) is 17.5. The predicted molar refractivity (Wildman–Crippen MR) is 88.5 cm³/mol. The molecule has 0 spiro atoms. The summed E-state index contributed by atoms with van der Waals surface area (Å²) in [7, 11) is 0. The number of rotatable bonds is 3. The standard InChI is InChI=1S/C17H28N4/c1-10(2)14-9-20(13(7)8)17(12(5)6)21-15(11(3)4)18-19-16(14)21/h9-11,13H,1-8H3. The van der Waals surface area contributed by atoms with Gasteiger partial charge in [0.1, 0.15) is 11.6 Å². The van der Waals surface area contributed by atoms with E-state index in [-0.39, 0.29) is 0 Å². The van der Waals surface area contributed by atoms with Gasteiger partial charge in [-0.05, 0) is 39.2 Å². The van der Waals surface area contributed by atoms with Gasteiger partial charge in [0.05, 0.1) is 0 Å². The molecule has 1 aromatic rings. The van der Waals surface area contributed by atoms with Crippen molar-refractivity contribution in [1.29, 1.82) is 0 Å². The molecule has 0 saturated heterocycles. The van der Waals surface area contributed by atoms with Crippen LogP contribution in [-0.2, 0) is 0 Å². The average Bonchev–Trinajstić information content (AvgIpc) is 2.80. The van der Waals surface area contributed by atoms with Crippen LogP contribution in [0.3, 0.4) is 0 Å². The summed E-state index contributed by atoms with van der Waals surface area (Å²) in [6.07, 6.45) is 2.26. The molecule has 0 aromatic carbocycles. The largest absolute Gasteiger partial charge is 0.331 e. The summed E-state index contributed by atoms with van der Waals surface area (Å²) in [5, 5.41) is 8.96. The highest BCUT2D eigenvalue weighted by atomic mass is 15.4. The van der Waals surface area contributed by atoms with Gasteiger partial charge in [-0.2, -0.15) is 0 Å². The molecule has 0 atom stereocenters. The van der Waals surface area contributed by atoms with Crippen LogP contribution in [-0.4, -0.2) is 25.7 Å². The summed E-state index contributed by atoms with van der Waals surface area (Å²) < 4.78 is 2.26. The highest BCUT2D eigenvalue weighted by Gasteiger charge is 2.30. The van der Waals surface area contributed by atoms with Crippen LogP contribution in [0, 0.1) is 5.92 Å². The number of fused-ring (bicyclic) bond motifs is 1. The van der Waals surface area contributed by atoms with Gasteiger partial charge < -0.3 is 4.90 Å². The normalized spacial score (nSPS) is 15.1. The minimum atomic E-state index is 0.348. The minimum absolute atomic E-state index is 0.348. The molecule has 116 valence electrons. The zero-order chi connectivity index (χ0) is 15.9. The van der Waals surface area contributed by atoms with E-state index in [9.17, 15) is 0 Å². The smallest absolute Gasteiger partial charge is 0.167 e. The maximum Gasteiger partial charge on any atom is 0.167 e. The van der Waals surface area contributed by atoms with Crippen molar-refractivity contribution in [1.82, 2.24) is 19.7 Å². The first kappa shape index (κ1) is 15.8. The first-order valence-corrected chi connectivity index (χ1v) is 7.89. The van der Waals surface area contributed by atoms with Crippen LogP contribution in [0.2, 0.25) is 0 Å². The summed E-state index contributed by atoms with van der Waals surface area (Å²) in [6, 6.07) is 0.402. The van der Waals surface area contributed by atoms with Gasteiger partial charge >= 0.3 is 0 Å². The quantitative estimate of drug-likeness (QED) is 0.830. The van der Waals surface area contributed by atoms with Crippen molar-refractivity contribution in [2.24, 2.45) is 5.92 Å². The van der Waals surface area contributed by atoms with Gasteiger partial charge in [0.25, 0.3) is 0 Å². The Morgan fingerprint density at radius 3 is 2.00 bits per heavy atom. The second-order valence-corrected chi connectivity index (χ2v) is 6.94. The SMILES string of the molecule is CC(C)=C1N(C(C)C)C=C(C(C)C)c2nnc(C(C)C)n21. The van der Waals surface area contributed by atoms with Crippen LogP contribution in [0.1, 0.15) is 73.0 Å². The Morgan fingerprint density at radius 2 is 1.57 bits per heavy atom. The molecule has 21 heavy (non-hydrogen) atoms. The lowest BCUT2D eigenvalue weighted by molar-refractivity contribution is 0.403. The Labute approximate surface area is 128 Å². The lowest BCUT2D eigenvalue weighted by Crippen LogP contribution is -2.33. The van der Waals surface area contributed by atoms with E-state index >= 15 is 0 Å². The van der Waals surface area contributed by atoms with Gasteiger partial charge in [0.2, 0.25) is 0 Å². The number of hydrogen-bond acceptors (Lipinski definition) is 3. The van der Waals surface area contributed by atoms with Crippen molar-refractivity contribution in [3.05, 3.63) is 23.4 Å². The Hall–Kier alpha value is -1.58. The first-order valence-electron chi connectivity index (χ1n) is 7.89. The topological polar surface area (TPSA) is 34.0 Å². The molecule has 0 N–H and O–H groups in total. The van der Waals surface area contributed by atoms with E-state index in [1.807, 2.05) is 0 Å². The van der Waals surface area contributed by atoms with E-state index in [1.165, 1.54) is 17.0 Å². The molecule has 1 aliphatic heterocycles. The Morgan fingerprint density at radius 1 is 0.952 bits per heavy atom. The monoisotopic (exact) mass is 288 g/mol. The molecule has 0 bridgehead atoms. The lowest BCUT2D eigenvalue weighted by Gasteiger charge is -2.36. The first-order chi connectivity index (χ1) is 9.75. The molecule has 2 heterocycles. The molecule has 0 amide bonds. The molecule has 1 aromatic heterocycles. The van der Waals surface area contributed by atoms with Crippen molar-refractivity contribution >= 4 is 11.4 Å². The zero-order valence-corrected chi connectivity index (χ0v) is 14.6. The molecule has 0 aliphatic carbocycles. The molecule has 0 unspecified atom stereocenters. The maximum absolute atomic E-state index is 4.49. The summed E-state index contributed by atoms with van der Waals surface area (Å²) in [4.78, 5) is 2.35. The highest BCUT2D eigenvalue weighted by Crippen LogP contribution is 2.36. The van der Waals surface area contributed by atoms with Gasteiger partial charge in [0.15, 0.2) is 5.82 Å². The van der Waals surface area contributed by atoms with Crippen LogP contribution in [0.4, 0.5) is 0 Å². The minimum Gasteiger partial charge on any atom is -0.331 e. The fourth-order valence-electron chi connectivity index (χ4n) is 2.73. The van der Waals surface area contributed by atoms with Crippen molar-refractivity contribution in [2.45, 2.75) is 67.3 Å². The van der Waals surface area contributed by atoms with Crippen molar-refractivity contribution in [3.8, 4) is 0 Å². The van der Waals surface area contributed by atoms with Crippen LogP contribution < -0.4 is 0 Å². The van der Waals surface area contributed by atoms with Crippen LogP contribution >= 0.6 is 0 Å². The van der Waals surface area contributed by atoms with Gasteiger partial charge in [-0.1, -0.05) is 27.7 Å². The predicted octanol–water partition coefficient (Wildman–Crippen LogP) is 4.33. The molecular formula is C17H28N4. The zero-order valence-electron chi connectivity index (χ0n) is 14.6. The average molecular weight is 288 g/mol. The maximum atomic E-state index is 4.49. The second kappa shape index (κ2) is 5.66. The van der Waals surface area contributed by atoms with Gasteiger partial charge in [0, 0.05) is 23.7 Å². The van der Waals surface area contributed by atoms with Crippen LogP contribution in [0.5, 0.6) is 0 Å². The Bertz CT molecular complexity index is 584. The summed E-state index contributed by atoms with van der Waals surface area (Å²) in [5.41, 5.74) is 2.54. The molecular weight excluding hydrogens is 260 g/mol. The number of hydrogen-bond donors (Lipinski definition) is 0. The van der Waals surface area contributed by atoms with Crippen molar-refractivity contribution in [3.63, 3.8) is 0 Å². The fraction of sp³-hybridized carbons (Fsp3) is 0.647. The van der Waals surface area contributed by atoms with E-state index in [2.05, 4.69) is 81.3 Å². The molecule has 0 fully saturated rings. The Balaban J connectivity index is 2.77. The third-order valence-electron chi connectivity index (χ3n) is 3.82. The van der Waals surface area contributed by atoms with E-state index in [4.69, 9.17) is 0 Å². The van der Waals surface area contributed by atoms with E-state index in [0.29, 0.717) is 17.9 Å². The van der Waals surface area contributed by atoms with Crippen molar-refractivity contribution < 1.29 is 0 Å². The van der Waals surface area contributed by atoms with E-state index in [0.717, 1.165) is 11.6 Å². The van der Waals surface area contributed by atoms with Crippen LogP contribution in [0.15, 0.2) is 11.8 Å². The third-order valence-corrected chi connectivity index (χ3v) is 3.82. The molecule has 1 aliphatic rings. The van der Waals surface area contributed by atoms with Crippen LogP contribution in [0.25, 0.3) is 11.4 Å². The van der Waals surface area contributed by atoms with Crippen molar-refractivity contribution in [2.75, 3.05) is 0 Å².